The predicted octanol–water partition coefficient (Wildman–Crippen LogP) is 5.79. The molecule has 29 heavy (non-hydrogen) atoms. The molecule has 2 heterocycles. The molecular formula is C20H13BrF3N5. The molecule has 0 saturated carbocycles. The number of aromatic amines is 1. The Hall–Kier alpha value is -2.94. The Morgan fingerprint density at radius 2 is 2.03 bits per heavy atom. The number of benzene rings is 2. The van der Waals surface area contributed by atoms with Crippen molar-refractivity contribution in [1.82, 2.24) is 20.0 Å². The van der Waals surface area contributed by atoms with Gasteiger partial charge in [-0.2, -0.15) is 19.0 Å². The Bertz CT molecular complexity index is 1270. The molecule has 0 radical (unpaired) electrons. The van der Waals surface area contributed by atoms with Gasteiger partial charge in [0.15, 0.2) is 0 Å². The van der Waals surface area contributed by atoms with E-state index < -0.39 is 6.55 Å². The van der Waals surface area contributed by atoms with E-state index in [0.717, 1.165) is 22.2 Å². The van der Waals surface area contributed by atoms with Crippen LogP contribution in [0, 0.1) is 5.82 Å². The van der Waals surface area contributed by atoms with Crippen molar-refractivity contribution < 1.29 is 13.2 Å². The SMILES string of the molecule is Fc1c(Br)ccc2c1CCC2=Nc1ccc2[nH]nc(-c3cnn(C(F)F)c3)c2c1. The van der Waals surface area contributed by atoms with Gasteiger partial charge in [0.05, 0.1) is 21.9 Å². The number of H-pyrrole nitrogens is 1. The quantitative estimate of drug-likeness (QED) is 0.421. The Morgan fingerprint density at radius 3 is 2.83 bits per heavy atom. The highest BCUT2D eigenvalue weighted by Crippen LogP contribution is 2.33. The highest BCUT2D eigenvalue weighted by molar-refractivity contribution is 9.10. The lowest BCUT2D eigenvalue weighted by molar-refractivity contribution is 0.0566. The average Bonchev–Trinajstić information content (AvgIpc) is 3.43. The Morgan fingerprint density at radius 1 is 1.17 bits per heavy atom. The second kappa shape index (κ2) is 6.84. The zero-order valence-electron chi connectivity index (χ0n) is 14.8. The lowest BCUT2D eigenvalue weighted by Gasteiger charge is -2.04. The molecule has 0 atom stereocenters. The van der Waals surface area contributed by atoms with E-state index in [4.69, 9.17) is 4.99 Å². The van der Waals surface area contributed by atoms with E-state index in [1.807, 2.05) is 24.3 Å². The minimum atomic E-state index is -2.71. The minimum absolute atomic E-state index is 0.240. The monoisotopic (exact) mass is 459 g/mol. The van der Waals surface area contributed by atoms with Crippen LogP contribution in [0.3, 0.4) is 0 Å². The van der Waals surface area contributed by atoms with Crippen LogP contribution in [-0.4, -0.2) is 25.7 Å². The Kier molecular flexibility index (Phi) is 4.27. The molecule has 146 valence electrons. The lowest BCUT2D eigenvalue weighted by Crippen LogP contribution is -1.96. The summed E-state index contributed by atoms with van der Waals surface area (Å²) in [4.78, 5) is 4.72. The van der Waals surface area contributed by atoms with Gasteiger partial charge in [-0.15, -0.1) is 0 Å². The van der Waals surface area contributed by atoms with Crippen LogP contribution in [0.2, 0.25) is 0 Å². The molecule has 9 heteroatoms. The van der Waals surface area contributed by atoms with E-state index in [0.29, 0.717) is 44.5 Å². The number of alkyl halides is 2. The molecule has 2 aromatic heterocycles. The maximum Gasteiger partial charge on any atom is 0.333 e. The number of aliphatic imine (C=N–C) groups is 1. The summed E-state index contributed by atoms with van der Waals surface area (Å²) in [6, 6.07) is 9.07. The molecule has 1 aliphatic carbocycles. The molecule has 0 aliphatic heterocycles. The first-order valence-electron chi connectivity index (χ1n) is 8.87. The summed E-state index contributed by atoms with van der Waals surface area (Å²) in [5.74, 6) is -0.240. The fourth-order valence-electron chi connectivity index (χ4n) is 3.62. The summed E-state index contributed by atoms with van der Waals surface area (Å²) in [6.07, 6.45) is 3.87. The lowest BCUT2D eigenvalue weighted by atomic mass is 10.1. The van der Waals surface area contributed by atoms with Crippen molar-refractivity contribution in [1.29, 1.82) is 0 Å². The molecule has 0 amide bonds. The molecule has 4 aromatic rings. The van der Waals surface area contributed by atoms with E-state index in [9.17, 15) is 13.2 Å². The van der Waals surface area contributed by atoms with Gasteiger partial charge in [0.2, 0.25) is 0 Å². The number of hydrogen-bond donors (Lipinski definition) is 1. The molecule has 0 spiro atoms. The second-order valence-corrected chi connectivity index (χ2v) is 7.59. The summed E-state index contributed by atoms with van der Waals surface area (Å²) in [5.41, 5.74) is 4.76. The molecule has 5 nitrogen and oxygen atoms in total. The van der Waals surface area contributed by atoms with E-state index in [-0.39, 0.29) is 5.82 Å². The molecule has 1 aliphatic rings. The van der Waals surface area contributed by atoms with Gasteiger partial charge < -0.3 is 0 Å². The number of aromatic nitrogens is 4. The molecular weight excluding hydrogens is 447 g/mol. The highest BCUT2D eigenvalue weighted by atomic mass is 79.9. The van der Waals surface area contributed by atoms with Crippen molar-refractivity contribution in [3.63, 3.8) is 0 Å². The van der Waals surface area contributed by atoms with Crippen LogP contribution in [0.1, 0.15) is 24.1 Å². The summed E-state index contributed by atoms with van der Waals surface area (Å²) >= 11 is 3.22. The fourth-order valence-corrected chi connectivity index (χ4v) is 3.99. The van der Waals surface area contributed by atoms with Crippen molar-refractivity contribution in [2.24, 2.45) is 4.99 Å². The molecule has 0 bridgehead atoms. The van der Waals surface area contributed by atoms with E-state index in [1.54, 1.807) is 6.07 Å². The molecule has 0 saturated heterocycles. The van der Waals surface area contributed by atoms with Gasteiger partial charge >= 0.3 is 6.55 Å². The minimum Gasteiger partial charge on any atom is -0.277 e. The van der Waals surface area contributed by atoms with Crippen molar-refractivity contribution in [3.8, 4) is 11.3 Å². The molecule has 1 N–H and O–H groups in total. The predicted molar refractivity (Wildman–Crippen MR) is 107 cm³/mol. The number of halogens is 4. The largest absolute Gasteiger partial charge is 0.333 e. The zero-order valence-corrected chi connectivity index (χ0v) is 16.4. The first-order chi connectivity index (χ1) is 14.0. The third-order valence-corrected chi connectivity index (χ3v) is 5.62. The summed E-state index contributed by atoms with van der Waals surface area (Å²) in [5, 5.41) is 11.6. The summed E-state index contributed by atoms with van der Waals surface area (Å²) in [7, 11) is 0. The Balaban J connectivity index is 1.56. The van der Waals surface area contributed by atoms with Crippen molar-refractivity contribution in [2.45, 2.75) is 19.4 Å². The van der Waals surface area contributed by atoms with Crippen molar-refractivity contribution in [3.05, 3.63) is 64.1 Å². The number of nitrogens with zero attached hydrogens (tertiary/aromatic N) is 4. The summed E-state index contributed by atoms with van der Waals surface area (Å²) < 4.78 is 41.0. The highest BCUT2D eigenvalue weighted by Gasteiger charge is 2.23. The van der Waals surface area contributed by atoms with Crippen LogP contribution in [0.15, 0.2) is 52.2 Å². The van der Waals surface area contributed by atoms with Crippen molar-refractivity contribution >= 4 is 38.2 Å². The van der Waals surface area contributed by atoms with Crippen LogP contribution in [0.5, 0.6) is 0 Å². The first-order valence-corrected chi connectivity index (χ1v) is 9.66. The number of rotatable bonds is 3. The average molecular weight is 460 g/mol. The van der Waals surface area contributed by atoms with Crippen LogP contribution < -0.4 is 0 Å². The molecule has 0 unspecified atom stereocenters. The van der Waals surface area contributed by atoms with Gasteiger partial charge in [-0.25, -0.2) is 9.07 Å². The van der Waals surface area contributed by atoms with Crippen LogP contribution in [0.4, 0.5) is 18.9 Å². The van der Waals surface area contributed by atoms with Gasteiger partial charge in [0.25, 0.3) is 0 Å². The van der Waals surface area contributed by atoms with Gasteiger partial charge in [-0.05, 0) is 58.6 Å². The van der Waals surface area contributed by atoms with E-state index >= 15 is 0 Å². The normalized spacial score (nSPS) is 15.0. The van der Waals surface area contributed by atoms with Gasteiger partial charge in [-0.1, -0.05) is 6.07 Å². The number of nitrogens with one attached hydrogen (secondary N) is 1. The van der Waals surface area contributed by atoms with E-state index in [2.05, 4.69) is 31.2 Å². The van der Waals surface area contributed by atoms with Gasteiger partial charge in [-0.3, -0.25) is 10.1 Å². The van der Waals surface area contributed by atoms with Crippen LogP contribution >= 0.6 is 15.9 Å². The third kappa shape index (κ3) is 3.05. The van der Waals surface area contributed by atoms with Gasteiger partial charge in [0.1, 0.15) is 11.5 Å². The van der Waals surface area contributed by atoms with Gasteiger partial charge in [0, 0.05) is 28.4 Å². The Labute approximate surface area is 171 Å². The molecule has 0 fully saturated rings. The van der Waals surface area contributed by atoms with Crippen LogP contribution in [-0.2, 0) is 6.42 Å². The number of fused-ring (bicyclic) bond motifs is 2. The first kappa shape index (κ1) is 18.1. The summed E-state index contributed by atoms with van der Waals surface area (Å²) in [6.45, 7) is -2.71. The maximum absolute atomic E-state index is 14.3. The second-order valence-electron chi connectivity index (χ2n) is 6.73. The topological polar surface area (TPSA) is 58.9 Å². The smallest absolute Gasteiger partial charge is 0.277 e. The third-order valence-electron chi connectivity index (χ3n) is 5.00. The zero-order chi connectivity index (χ0) is 20.1. The van der Waals surface area contributed by atoms with Crippen molar-refractivity contribution in [2.75, 3.05) is 0 Å². The van der Waals surface area contributed by atoms with Crippen LogP contribution in [0.25, 0.3) is 22.2 Å². The maximum atomic E-state index is 14.3. The molecule has 2 aromatic carbocycles. The fraction of sp³-hybridized carbons (Fsp3) is 0.150. The molecule has 5 rings (SSSR count). The standard InChI is InChI=1S/C20H13BrF3N5/c21-15-4-2-12-13(18(15)22)3-6-16(12)26-11-1-5-17-14(7-11)19(28-27-17)10-8-25-29(9-10)20(23)24/h1-2,4-5,7-9,20H,3,6H2,(H,27,28). The number of hydrogen-bond acceptors (Lipinski definition) is 3. The van der Waals surface area contributed by atoms with E-state index in [1.165, 1.54) is 12.4 Å².